The minimum atomic E-state index is 1.18. The van der Waals surface area contributed by atoms with Gasteiger partial charge in [-0.25, -0.2) is 0 Å². The number of hydrogen-bond donors (Lipinski definition) is 0. The van der Waals surface area contributed by atoms with Crippen molar-refractivity contribution in [2.45, 2.75) is 0 Å². The minimum Gasteiger partial charge on any atom is -0.0616 e. The van der Waals surface area contributed by atoms with Gasteiger partial charge in [-0.1, -0.05) is 188 Å². The Kier molecular flexibility index (Phi) is 8.96. The molecule has 0 heteroatoms. The number of rotatable bonds is 6. The van der Waals surface area contributed by atoms with E-state index in [1.54, 1.807) is 0 Å². The topological polar surface area (TPSA) is 0 Å². The molecule has 13 rings (SSSR count). The number of benzene rings is 13. The highest BCUT2D eigenvalue weighted by atomic mass is 14.2. The SMILES string of the molecule is c1cc(-c2cc(-c3ccc4ccccc4c3)cc(-c3cc4ccccc4c4ccccc34)c2)cc(-c2cc(-c3ccc4ccccc4c3)cc(-c3cc4ccccc4c4ccccc34)c2)c1. The lowest BCUT2D eigenvalue weighted by Gasteiger charge is -2.17. The molecular weight excluding hydrogens is 793 g/mol. The van der Waals surface area contributed by atoms with Gasteiger partial charge >= 0.3 is 0 Å². The summed E-state index contributed by atoms with van der Waals surface area (Å²) in [6.07, 6.45) is 0. The van der Waals surface area contributed by atoms with Crippen LogP contribution < -0.4 is 0 Å². The van der Waals surface area contributed by atoms with Crippen LogP contribution in [0.3, 0.4) is 0 Å². The van der Waals surface area contributed by atoms with Crippen molar-refractivity contribution in [3.05, 3.63) is 255 Å². The van der Waals surface area contributed by atoms with Crippen molar-refractivity contribution in [2.24, 2.45) is 0 Å². The van der Waals surface area contributed by atoms with Gasteiger partial charge in [0.1, 0.15) is 0 Å². The summed E-state index contributed by atoms with van der Waals surface area (Å²) in [5, 5.41) is 15.0. The van der Waals surface area contributed by atoms with Crippen molar-refractivity contribution in [3.63, 3.8) is 0 Å². The lowest BCUT2D eigenvalue weighted by molar-refractivity contribution is 1.56. The third-order valence-electron chi connectivity index (χ3n) is 13.7. The van der Waals surface area contributed by atoms with Crippen molar-refractivity contribution in [1.29, 1.82) is 0 Å². The highest BCUT2D eigenvalue weighted by molar-refractivity contribution is 6.15. The van der Waals surface area contributed by atoms with Crippen molar-refractivity contribution < 1.29 is 0 Å². The van der Waals surface area contributed by atoms with Crippen molar-refractivity contribution in [1.82, 2.24) is 0 Å². The summed E-state index contributed by atoms with van der Waals surface area (Å²) in [7, 11) is 0. The van der Waals surface area contributed by atoms with Gasteiger partial charge in [-0.15, -0.1) is 0 Å². The molecule has 13 aromatic rings. The van der Waals surface area contributed by atoms with Gasteiger partial charge in [0.15, 0.2) is 0 Å². The molecule has 0 saturated heterocycles. The first-order valence-electron chi connectivity index (χ1n) is 22.9. The Bertz CT molecular complexity index is 3800. The maximum atomic E-state index is 2.40. The molecule has 0 heterocycles. The summed E-state index contributed by atoms with van der Waals surface area (Å²) >= 11 is 0. The molecule has 0 N–H and O–H groups in total. The third kappa shape index (κ3) is 6.62. The van der Waals surface area contributed by atoms with E-state index in [0.717, 1.165) is 0 Å². The zero-order chi connectivity index (χ0) is 43.6. The van der Waals surface area contributed by atoms with E-state index in [1.165, 1.54) is 131 Å². The van der Waals surface area contributed by atoms with Crippen LogP contribution in [0.2, 0.25) is 0 Å². The van der Waals surface area contributed by atoms with Crippen LogP contribution in [0.15, 0.2) is 255 Å². The zero-order valence-corrected chi connectivity index (χ0v) is 36.2. The Morgan fingerprint density at radius 2 is 0.439 bits per heavy atom. The van der Waals surface area contributed by atoms with Crippen LogP contribution >= 0.6 is 0 Å². The minimum absolute atomic E-state index is 1.18. The Morgan fingerprint density at radius 1 is 0.136 bits per heavy atom. The fourth-order valence-electron chi connectivity index (χ4n) is 10.4. The van der Waals surface area contributed by atoms with Crippen molar-refractivity contribution in [2.75, 3.05) is 0 Å². The molecule has 0 aliphatic rings. The lowest BCUT2D eigenvalue weighted by atomic mass is 9.87. The smallest absolute Gasteiger partial charge is 0.00986 e. The van der Waals surface area contributed by atoms with Gasteiger partial charge in [-0.2, -0.15) is 0 Å². The van der Waals surface area contributed by atoms with Crippen molar-refractivity contribution in [3.8, 4) is 66.8 Å². The van der Waals surface area contributed by atoms with Gasteiger partial charge in [-0.3, -0.25) is 0 Å². The molecule has 0 amide bonds. The molecule has 0 fully saturated rings. The lowest BCUT2D eigenvalue weighted by Crippen LogP contribution is -1.90. The predicted molar refractivity (Wildman–Crippen MR) is 284 cm³/mol. The van der Waals surface area contributed by atoms with E-state index in [4.69, 9.17) is 0 Å². The highest BCUT2D eigenvalue weighted by Gasteiger charge is 2.16. The monoisotopic (exact) mass is 834 g/mol. The maximum Gasteiger partial charge on any atom is -0.00986 e. The number of hydrogen-bond acceptors (Lipinski definition) is 0. The average Bonchev–Trinajstić information content (AvgIpc) is 3.40. The zero-order valence-electron chi connectivity index (χ0n) is 36.2. The summed E-state index contributed by atoms with van der Waals surface area (Å²) in [5.74, 6) is 0. The van der Waals surface area contributed by atoms with Gasteiger partial charge in [0.2, 0.25) is 0 Å². The molecule has 0 bridgehead atoms. The quantitative estimate of drug-likeness (QED) is 0.146. The standard InChI is InChI=1S/C66H42/c1-3-16-45-32-49(30-28-43(45)14-1)55-35-53(37-57(39-55)65-41-51-18-5-7-22-59(51)61-24-9-11-26-63(61)65)47-20-13-21-48(34-47)54-36-56(50-31-29-44-15-2-4-17-46(44)33-50)40-58(38-54)66-42-52-19-6-8-23-60(52)62-25-10-12-27-64(62)66/h1-42H. The Morgan fingerprint density at radius 3 is 0.864 bits per heavy atom. The van der Waals surface area contributed by atoms with Crippen LogP contribution in [-0.2, 0) is 0 Å². The maximum absolute atomic E-state index is 2.40. The van der Waals surface area contributed by atoms with E-state index in [9.17, 15) is 0 Å². The second kappa shape index (κ2) is 15.6. The summed E-state index contributed by atoms with van der Waals surface area (Å²) in [4.78, 5) is 0. The molecule has 0 aliphatic carbocycles. The highest BCUT2D eigenvalue weighted by Crippen LogP contribution is 2.43. The molecule has 0 atom stereocenters. The van der Waals surface area contributed by atoms with E-state index < -0.39 is 0 Å². The first kappa shape index (κ1) is 37.9. The fraction of sp³-hybridized carbons (Fsp3) is 0. The molecule has 306 valence electrons. The van der Waals surface area contributed by atoms with E-state index in [2.05, 4.69) is 255 Å². The average molecular weight is 835 g/mol. The summed E-state index contributed by atoms with van der Waals surface area (Å²) in [5.41, 5.74) is 14.4. The van der Waals surface area contributed by atoms with Crippen LogP contribution in [0, 0.1) is 0 Å². The van der Waals surface area contributed by atoms with Gasteiger partial charge in [0.25, 0.3) is 0 Å². The van der Waals surface area contributed by atoms with Gasteiger partial charge in [-0.05, 0) is 198 Å². The second-order valence-corrected chi connectivity index (χ2v) is 17.7. The van der Waals surface area contributed by atoms with Crippen LogP contribution in [0.5, 0.6) is 0 Å². The number of fused-ring (bicyclic) bond motifs is 8. The van der Waals surface area contributed by atoms with Gasteiger partial charge < -0.3 is 0 Å². The van der Waals surface area contributed by atoms with E-state index in [0.29, 0.717) is 0 Å². The molecule has 0 radical (unpaired) electrons. The second-order valence-electron chi connectivity index (χ2n) is 17.7. The third-order valence-corrected chi connectivity index (χ3v) is 13.7. The Labute approximate surface area is 384 Å². The van der Waals surface area contributed by atoms with Crippen LogP contribution in [0.1, 0.15) is 0 Å². The fourth-order valence-corrected chi connectivity index (χ4v) is 10.4. The Hall–Kier alpha value is -8.58. The molecule has 0 nitrogen and oxygen atoms in total. The Balaban J connectivity index is 1.02. The van der Waals surface area contributed by atoms with Gasteiger partial charge in [0.05, 0.1) is 0 Å². The molecule has 0 spiro atoms. The van der Waals surface area contributed by atoms with E-state index in [-0.39, 0.29) is 0 Å². The molecule has 66 heavy (non-hydrogen) atoms. The normalized spacial score (nSPS) is 11.6. The molecule has 0 saturated carbocycles. The van der Waals surface area contributed by atoms with Crippen LogP contribution in [0.25, 0.3) is 131 Å². The molecular formula is C66H42. The largest absolute Gasteiger partial charge is 0.0616 e. The summed E-state index contributed by atoms with van der Waals surface area (Å²) < 4.78 is 0. The molecule has 13 aromatic carbocycles. The molecule has 0 unspecified atom stereocenters. The van der Waals surface area contributed by atoms with E-state index >= 15 is 0 Å². The van der Waals surface area contributed by atoms with Crippen LogP contribution in [-0.4, -0.2) is 0 Å². The first-order chi connectivity index (χ1) is 32.7. The van der Waals surface area contributed by atoms with Crippen LogP contribution in [0.4, 0.5) is 0 Å². The predicted octanol–water partition coefficient (Wildman–Crippen LogP) is 18.6. The first-order valence-corrected chi connectivity index (χ1v) is 22.9. The summed E-state index contributed by atoms with van der Waals surface area (Å²) in [6.45, 7) is 0. The summed E-state index contributed by atoms with van der Waals surface area (Å²) in [6, 6.07) is 94.6. The molecule has 0 aromatic heterocycles. The van der Waals surface area contributed by atoms with Crippen molar-refractivity contribution >= 4 is 64.6 Å². The molecule has 0 aliphatic heterocycles. The van der Waals surface area contributed by atoms with Gasteiger partial charge in [0, 0.05) is 0 Å². The van der Waals surface area contributed by atoms with E-state index in [1.807, 2.05) is 0 Å².